The molecule has 0 aromatic heterocycles. The number of rotatable bonds is 3. The van der Waals surface area contributed by atoms with E-state index in [0.717, 1.165) is 32.0 Å². The Kier molecular flexibility index (Phi) is 4.35. The van der Waals surface area contributed by atoms with Gasteiger partial charge < -0.3 is 15.0 Å². The molecule has 2 aliphatic heterocycles. The maximum Gasteiger partial charge on any atom is 0.150 e. The minimum Gasteiger partial charge on any atom is -0.381 e. The van der Waals surface area contributed by atoms with Gasteiger partial charge >= 0.3 is 0 Å². The van der Waals surface area contributed by atoms with Crippen LogP contribution in [0.5, 0.6) is 0 Å². The van der Waals surface area contributed by atoms with E-state index in [9.17, 15) is 8.42 Å². The van der Waals surface area contributed by atoms with Gasteiger partial charge in [0.05, 0.1) is 36.1 Å². The van der Waals surface area contributed by atoms with E-state index >= 15 is 0 Å². The lowest BCUT2D eigenvalue weighted by Crippen LogP contribution is -2.37. The van der Waals surface area contributed by atoms with Crippen LogP contribution in [-0.2, 0) is 14.6 Å². The standard InChI is InChI=1S/C15H22N2O3S/c18-21(19)11-5-13(6-12-21)16-14-3-1-2-4-15(14)17-7-9-20-10-8-17/h1-4,13,16H,5-12H2. The highest BCUT2D eigenvalue weighted by Crippen LogP contribution is 2.28. The molecule has 0 saturated carbocycles. The van der Waals surface area contributed by atoms with Crippen LogP contribution in [0, 0.1) is 0 Å². The van der Waals surface area contributed by atoms with Gasteiger partial charge in [-0.2, -0.15) is 0 Å². The van der Waals surface area contributed by atoms with E-state index in [0.29, 0.717) is 24.3 Å². The highest BCUT2D eigenvalue weighted by molar-refractivity contribution is 7.91. The topological polar surface area (TPSA) is 58.6 Å². The molecule has 6 heteroatoms. The molecular formula is C15H22N2O3S. The Bertz CT molecular complexity index is 568. The molecule has 1 N–H and O–H groups in total. The monoisotopic (exact) mass is 310 g/mol. The van der Waals surface area contributed by atoms with Crippen molar-refractivity contribution < 1.29 is 13.2 Å². The molecule has 0 aliphatic carbocycles. The normalized spacial score (nSPS) is 23.0. The third kappa shape index (κ3) is 3.68. The lowest BCUT2D eigenvalue weighted by Gasteiger charge is -2.32. The number of sulfone groups is 1. The quantitative estimate of drug-likeness (QED) is 0.917. The lowest BCUT2D eigenvalue weighted by atomic mass is 10.1. The number of ether oxygens (including phenoxy) is 1. The number of nitrogens with zero attached hydrogens (tertiary/aromatic N) is 1. The van der Waals surface area contributed by atoms with Crippen molar-refractivity contribution >= 4 is 21.2 Å². The highest BCUT2D eigenvalue weighted by Gasteiger charge is 2.24. The number of para-hydroxylation sites is 2. The molecule has 1 aromatic rings. The maximum absolute atomic E-state index is 11.5. The highest BCUT2D eigenvalue weighted by atomic mass is 32.2. The molecule has 0 amide bonds. The summed E-state index contributed by atoms with van der Waals surface area (Å²) in [5.74, 6) is 0.592. The molecule has 2 heterocycles. The van der Waals surface area contributed by atoms with Gasteiger partial charge in [-0.25, -0.2) is 8.42 Å². The Balaban J connectivity index is 1.70. The van der Waals surface area contributed by atoms with Crippen molar-refractivity contribution in [2.75, 3.05) is 48.0 Å². The van der Waals surface area contributed by atoms with Crippen LogP contribution in [0.15, 0.2) is 24.3 Å². The van der Waals surface area contributed by atoms with E-state index in [1.165, 1.54) is 5.69 Å². The van der Waals surface area contributed by atoms with Gasteiger partial charge in [0.25, 0.3) is 0 Å². The number of morpholine rings is 1. The summed E-state index contributed by atoms with van der Waals surface area (Å²) in [5.41, 5.74) is 2.29. The average Bonchev–Trinajstić information content (AvgIpc) is 2.51. The fourth-order valence-electron chi connectivity index (χ4n) is 2.93. The third-order valence-electron chi connectivity index (χ3n) is 4.17. The van der Waals surface area contributed by atoms with E-state index in [1.807, 2.05) is 12.1 Å². The molecule has 2 saturated heterocycles. The van der Waals surface area contributed by atoms with Gasteiger partial charge in [-0.1, -0.05) is 12.1 Å². The first-order valence-electron chi connectivity index (χ1n) is 7.53. The molecule has 0 bridgehead atoms. The summed E-state index contributed by atoms with van der Waals surface area (Å²) in [6, 6.07) is 8.50. The first-order valence-corrected chi connectivity index (χ1v) is 9.35. The molecule has 116 valence electrons. The summed E-state index contributed by atoms with van der Waals surface area (Å²) < 4.78 is 28.4. The van der Waals surface area contributed by atoms with Crippen LogP contribution in [0.3, 0.4) is 0 Å². The van der Waals surface area contributed by atoms with Crippen molar-refractivity contribution in [2.45, 2.75) is 18.9 Å². The van der Waals surface area contributed by atoms with Gasteiger partial charge in [-0.05, 0) is 25.0 Å². The lowest BCUT2D eigenvalue weighted by molar-refractivity contribution is 0.123. The van der Waals surface area contributed by atoms with Crippen LogP contribution < -0.4 is 10.2 Å². The molecule has 0 radical (unpaired) electrons. The summed E-state index contributed by atoms with van der Waals surface area (Å²) in [6.07, 6.45) is 1.39. The molecule has 2 fully saturated rings. The Morgan fingerprint density at radius 3 is 2.48 bits per heavy atom. The van der Waals surface area contributed by atoms with Gasteiger partial charge in [-0.3, -0.25) is 0 Å². The van der Waals surface area contributed by atoms with Crippen molar-refractivity contribution in [1.29, 1.82) is 0 Å². The van der Waals surface area contributed by atoms with Gasteiger partial charge in [0.2, 0.25) is 0 Å². The van der Waals surface area contributed by atoms with E-state index in [4.69, 9.17) is 4.74 Å². The van der Waals surface area contributed by atoms with Gasteiger partial charge in [0.1, 0.15) is 9.84 Å². The number of nitrogens with one attached hydrogen (secondary N) is 1. The van der Waals surface area contributed by atoms with Crippen LogP contribution in [0.25, 0.3) is 0 Å². The van der Waals surface area contributed by atoms with Crippen LogP contribution in [0.2, 0.25) is 0 Å². The fraction of sp³-hybridized carbons (Fsp3) is 0.600. The first-order chi connectivity index (χ1) is 10.1. The summed E-state index contributed by atoms with van der Waals surface area (Å²) in [5, 5.41) is 3.54. The number of hydrogen-bond donors (Lipinski definition) is 1. The van der Waals surface area contributed by atoms with E-state index < -0.39 is 9.84 Å². The Labute approximate surface area is 126 Å². The molecule has 21 heavy (non-hydrogen) atoms. The van der Waals surface area contributed by atoms with Crippen LogP contribution in [0.4, 0.5) is 11.4 Å². The van der Waals surface area contributed by atoms with Crippen molar-refractivity contribution in [3.63, 3.8) is 0 Å². The summed E-state index contributed by atoms with van der Waals surface area (Å²) in [7, 11) is -2.81. The third-order valence-corrected chi connectivity index (χ3v) is 5.89. The van der Waals surface area contributed by atoms with E-state index in [1.54, 1.807) is 0 Å². The summed E-state index contributed by atoms with van der Waals surface area (Å²) in [4.78, 5) is 2.32. The molecular weight excluding hydrogens is 288 g/mol. The van der Waals surface area contributed by atoms with Gasteiger partial charge in [0, 0.05) is 19.1 Å². The molecule has 0 spiro atoms. The van der Waals surface area contributed by atoms with Crippen molar-refractivity contribution in [3.05, 3.63) is 24.3 Å². The molecule has 2 aliphatic rings. The van der Waals surface area contributed by atoms with E-state index in [2.05, 4.69) is 22.3 Å². The van der Waals surface area contributed by atoms with Crippen molar-refractivity contribution in [2.24, 2.45) is 0 Å². The number of hydrogen-bond acceptors (Lipinski definition) is 5. The minimum absolute atomic E-state index is 0.246. The summed E-state index contributed by atoms with van der Waals surface area (Å²) in [6.45, 7) is 3.32. The van der Waals surface area contributed by atoms with Gasteiger partial charge in [-0.15, -0.1) is 0 Å². The zero-order chi connectivity index (χ0) is 14.7. The zero-order valence-electron chi connectivity index (χ0n) is 12.1. The second-order valence-electron chi connectivity index (χ2n) is 5.69. The second-order valence-corrected chi connectivity index (χ2v) is 7.99. The molecule has 3 rings (SSSR count). The largest absolute Gasteiger partial charge is 0.381 e. The minimum atomic E-state index is -2.81. The van der Waals surface area contributed by atoms with Crippen LogP contribution in [0.1, 0.15) is 12.8 Å². The average molecular weight is 310 g/mol. The second kappa shape index (κ2) is 6.23. The predicted octanol–water partition coefficient (Wildman–Crippen LogP) is 1.51. The Morgan fingerprint density at radius 2 is 1.76 bits per heavy atom. The van der Waals surface area contributed by atoms with Crippen LogP contribution in [-0.4, -0.2) is 52.3 Å². The predicted molar refractivity (Wildman–Crippen MR) is 84.8 cm³/mol. The molecule has 0 atom stereocenters. The Morgan fingerprint density at radius 1 is 1.10 bits per heavy atom. The smallest absolute Gasteiger partial charge is 0.150 e. The molecule has 0 unspecified atom stereocenters. The SMILES string of the molecule is O=S1(=O)CCC(Nc2ccccc2N2CCOCC2)CC1. The van der Waals surface area contributed by atoms with E-state index in [-0.39, 0.29) is 6.04 Å². The molecule has 5 nitrogen and oxygen atoms in total. The molecule has 1 aromatic carbocycles. The van der Waals surface area contributed by atoms with Gasteiger partial charge in [0.15, 0.2) is 0 Å². The first kappa shape index (κ1) is 14.7. The Hall–Kier alpha value is -1.27. The fourth-order valence-corrected chi connectivity index (χ4v) is 4.42. The van der Waals surface area contributed by atoms with Crippen molar-refractivity contribution in [3.8, 4) is 0 Å². The zero-order valence-corrected chi connectivity index (χ0v) is 12.9. The number of anilines is 2. The van der Waals surface area contributed by atoms with Crippen molar-refractivity contribution in [1.82, 2.24) is 0 Å². The number of benzene rings is 1. The maximum atomic E-state index is 11.5. The summed E-state index contributed by atoms with van der Waals surface area (Å²) >= 11 is 0. The van der Waals surface area contributed by atoms with Crippen LogP contribution >= 0.6 is 0 Å².